The summed E-state index contributed by atoms with van der Waals surface area (Å²) in [7, 11) is 0. The molecule has 3 rings (SSSR count). The third-order valence-electron chi connectivity index (χ3n) is 4.04. The Balaban J connectivity index is 1.54. The van der Waals surface area contributed by atoms with Gasteiger partial charge in [-0.15, -0.1) is 11.3 Å². The lowest BCUT2D eigenvalue weighted by Gasteiger charge is -2.06. The fourth-order valence-electron chi connectivity index (χ4n) is 2.54. The summed E-state index contributed by atoms with van der Waals surface area (Å²) in [6.07, 6.45) is 0.284. The molecular formula is C21H22N2O2S. The molecule has 0 spiro atoms. The maximum absolute atomic E-state index is 12.1. The van der Waals surface area contributed by atoms with Gasteiger partial charge in [-0.05, 0) is 44.5 Å². The summed E-state index contributed by atoms with van der Waals surface area (Å²) < 4.78 is 5.59. The summed E-state index contributed by atoms with van der Waals surface area (Å²) in [5, 5.41) is 5.43. The molecule has 0 bridgehead atoms. The Morgan fingerprint density at radius 1 is 1.08 bits per heavy atom. The van der Waals surface area contributed by atoms with Crippen LogP contribution in [0.4, 0.5) is 5.13 Å². The van der Waals surface area contributed by atoms with E-state index in [1.165, 1.54) is 28.0 Å². The fourth-order valence-corrected chi connectivity index (χ4v) is 3.27. The molecule has 0 aliphatic carbocycles. The van der Waals surface area contributed by atoms with Crippen LogP contribution in [-0.4, -0.2) is 17.5 Å². The number of carbonyl (C=O) groups excluding carboxylic acids is 1. The van der Waals surface area contributed by atoms with Crippen molar-refractivity contribution in [2.75, 3.05) is 11.9 Å². The van der Waals surface area contributed by atoms with Gasteiger partial charge in [-0.25, -0.2) is 4.98 Å². The smallest absolute Gasteiger partial charge is 0.229 e. The van der Waals surface area contributed by atoms with Gasteiger partial charge < -0.3 is 10.1 Å². The number of anilines is 1. The van der Waals surface area contributed by atoms with E-state index < -0.39 is 0 Å². The molecule has 4 nitrogen and oxygen atoms in total. The largest absolute Gasteiger partial charge is 0.493 e. The first-order valence-electron chi connectivity index (χ1n) is 8.54. The van der Waals surface area contributed by atoms with E-state index in [-0.39, 0.29) is 12.3 Å². The molecule has 3 aromatic rings. The lowest BCUT2D eigenvalue weighted by molar-refractivity contribution is -0.116. The molecule has 1 heterocycles. The summed E-state index contributed by atoms with van der Waals surface area (Å²) in [5.41, 5.74) is 5.54. The molecule has 1 aromatic heterocycles. The Kier molecular flexibility index (Phi) is 5.68. The Bertz CT molecular complexity index is 901. The SMILES string of the molecule is Cc1ccc(OCCC(=O)Nc2nc(-c3cc(C)ccc3C)cs2)cc1. The summed E-state index contributed by atoms with van der Waals surface area (Å²) in [6.45, 7) is 6.49. The van der Waals surface area contributed by atoms with Crippen LogP contribution >= 0.6 is 11.3 Å². The Labute approximate surface area is 157 Å². The van der Waals surface area contributed by atoms with Crippen LogP contribution in [0, 0.1) is 20.8 Å². The monoisotopic (exact) mass is 366 g/mol. The number of carbonyl (C=O) groups is 1. The summed E-state index contributed by atoms with van der Waals surface area (Å²) in [5.74, 6) is 0.675. The van der Waals surface area contributed by atoms with Crippen molar-refractivity contribution in [1.82, 2.24) is 4.98 Å². The number of nitrogens with one attached hydrogen (secondary N) is 1. The highest BCUT2D eigenvalue weighted by Gasteiger charge is 2.10. The molecule has 0 radical (unpaired) electrons. The zero-order chi connectivity index (χ0) is 18.5. The van der Waals surface area contributed by atoms with Crippen LogP contribution in [0.1, 0.15) is 23.1 Å². The van der Waals surface area contributed by atoms with Crippen LogP contribution in [0.3, 0.4) is 0 Å². The van der Waals surface area contributed by atoms with Gasteiger partial charge in [-0.2, -0.15) is 0 Å². The van der Waals surface area contributed by atoms with E-state index in [1.807, 2.05) is 36.6 Å². The van der Waals surface area contributed by atoms with Crippen molar-refractivity contribution in [2.24, 2.45) is 0 Å². The lowest BCUT2D eigenvalue weighted by Crippen LogP contribution is -2.15. The molecule has 0 fully saturated rings. The maximum atomic E-state index is 12.1. The molecule has 1 N–H and O–H groups in total. The number of amides is 1. The molecular weight excluding hydrogens is 344 g/mol. The van der Waals surface area contributed by atoms with Crippen LogP contribution in [0.15, 0.2) is 47.8 Å². The minimum Gasteiger partial charge on any atom is -0.493 e. The number of ether oxygens (including phenoxy) is 1. The van der Waals surface area contributed by atoms with Gasteiger partial charge in [-0.1, -0.05) is 35.4 Å². The van der Waals surface area contributed by atoms with Gasteiger partial charge in [0.1, 0.15) is 5.75 Å². The van der Waals surface area contributed by atoms with Crippen LogP contribution in [0.25, 0.3) is 11.3 Å². The standard InChI is InChI=1S/C21H22N2O2S/c1-14-5-8-17(9-6-14)25-11-10-20(24)23-21-22-19(13-26-21)18-12-15(2)4-7-16(18)3/h4-9,12-13H,10-11H2,1-3H3,(H,22,23,24). The molecule has 0 saturated heterocycles. The Hall–Kier alpha value is -2.66. The first-order chi connectivity index (χ1) is 12.5. The van der Waals surface area contributed by atoms with Gasteiger partial charge in [0.15, 0.2) is 5.13 Å². The average Bonchev–Trinajstić information content (AvgIpc) is 3.07. The zero-order valence-corrected chi connectivity index (χ0v) is 16.0. The second-order valence-corrected chi connectivity index (χ2v) is 7.17. The van der Waals surface area contributed by atoms with Crippen molar-refractivity contribution >= 4 is 22.4 Å². The number of aryl methyl sites for hydroxylation is 3. The molecule has 0 aliphatic rings. The van der Waals surface area contributed by atoms with Gasteiger partial charge in [0.05, 0.1) is 18.7 Å². The second kappa shape index (κ2) is 8.15. The van der Waals surface area contributed by atoms with Gasteiger partial charge in [0.25, 0.3) is 0 Å². The highest BCUT2D eigenvalue weighted by molar-refractivity contribution is 7.14. The van der Waals surface area contributed by atoms with Crippen molar-refractivity contribution in [2.45, 2.75) is 27.2 Å². The van der Waals surface area contributed by atoms with Crippen LogP contribution < -0.4 is 10.1 Å². The number of aromatic nitrogens is 1. The van der Waals surface area contributed by atoms with Crippen LogP contribution in [0.2, 0.25) is 0 Å². The molecule has 0 atom stereocenters. The Morgan fingerprint density at radius 2 is 1.81 bits per heavy atom. The van der Waals surface area contributed by atoms with Crippen LogP contribution in [0.5, 0.6) is 5.75 Å². The Morgan fingerprint density at radius 3 is 2.58 bits per heavy atom. The predicted octanol–water partition coefficient (Wildman–Crippen LogP) is 5.14. The number of nitrogens with zero attached hydrogens (tertiary/aromatic N) is 1. The number of rotatable bonds is 6. The van der Waals surface area contributed by atoms with Crippen molar-refractivity contribution in [3.05, 3.63) is 64.5 Å². The summed E-state index contributed by atoms with van der Waals surface area (Å²) >= 11 is 1.43. The maximum Gasteiger partial charge on any atom is 0.229 e. The first-order valence-corrected chi connectivity index (χ1v) is 9.42. The molecule has 1 amide bonds. The van der Waals surface area contributed by atoms with Gasteiger partial charge >= 0.3 is 0 Å². The van der Waals surface area contributed by atoms with Crippen molar-refractivity contribution in [1.29, 1.82) is 0 Å². The normalized spacial score (nSPS) is 10.6. The van der Waals surface area contributed by atoms with E-state index >= 15 is 0 Å². The molecule has 2 aromatic carbocycles. The van der Waals surface area contributed by atoms with Gasteiger partial charge in [-0.3, -0.25) is 4.79 Å². The number of hydrogen-bond donors (Lipinski definition) is 1. The average molecular weight is 366 g/mol. The third kappa shape index (κ3) is 4.70. The van der Waals surface area contributed by atoms with Crippen molar-refractivity contribution in [3.63, 3.8) is 0 Å². The molecule has 0 unspecified atom stereocenters. The van der Waals surface area contributed by atoms with E-state index in [0.29, 0.717) is 11.7 Å². The van der Waals surface area contributed by atoms with E-state index in [4.69, 9.17) is 4.74 Å². The minimum atomic E-state index is -0.0982. The van der Waals surface area contributed by atoms with E-state index in [9.17, 15) is 4.79 Å². The quantitative estimate of drug-likeness (QED) is 0.657. The number of thiazole rings is 1. The van der Waals surface area contributed by atoms with Gasteiger partial charge in [0.2, 0.25) is 5.91 Å². The van der Waals surface area contributed by atoms with Crippen molar-refractivity contribution < 1.29 is 9.53 Å². The minimum absolute atomic E-state index is 0.0982. The van der Waals surface area contributed by atoms with Crippen molar-refractivity contribution in [3.8, 4) is 17.0 Å². The van der Waals surface area contributed by atoms with E-state index in [2.05, 4.69) is 42.3 Å². The molecule has 134 valence electrons. The highest BCUT2D eigenvalue weighted by atomic mass is 32.1. The lowest BCUT2D eigenvalue weighted by atomic mass is 10.0. The topological polar surface area (TPSA) is 51.2 Å². The number of hydrogen-bond acceptors (Lipinski definition) is 4. The van der Waals surface area contributed by atoms with Gasteiger partial charge in [0, 0.05) is 10.9 Å². The molecule has 0 aliphatic heterocycles. The van der Waals surface area contributed by atoms with E-state index in [0.717, 1.165) is 17.0 Å². The molecule has 5 heteroatoms. The molecule has 0 saturated carbocycles. The third-order valence-corrected chi connectivity index (χ3v) is 4.80. The fraction of sp³-hybridized carbons (Fsp3) is 0.238. The second-order valence-electron chi connectivity index (χ2n) is 6.32. The first kappa shape index (κ1) is 18.1. The zero-order valence-electron chi connectivity index (χ0n) is 15.2. The van der Waals surface area contributed by atoms with E-state index in [1.54, 1.807) is 0 Å². The predicted molar refractivity (Wildman–Crippen MR) is 107 cm³/mol. The highest BCUT2D eigenvalue weighted by Crippen LogP contribution is 2.28. The molecule has 26 heavy (non-hydrogen) atoms. The van der Waals surface area contributed by atoms with Crippen LogP contribution in [-0.2, 0) is 4.79 Å². The number of benzene rings is 2. The summed E-state index contributed by atoms with van der Waals surface area (Å²) in [6, 6.07) is 14.1. The summed E-state index contributed by atoms with van der Waals surface area (Å²) in [4.78, 5) is 16.6.